The summed E-state index contributed by atoms with van der Waals surface area (Å²) in [6, 6.07) is 11.4. The van der Waals surface area contributed by atoms with E-state index >= 15 is 0 Å². The van der Waals surface area contributed by atoms with Crippen LogP contribution in [0.1, 0.15) is 29.7 Å². The van der Waals surface area contributed by atoms with E-state index in [1.807, 2.05) is 30.3 Å². The summed E-state index contributed by atoms with van der Waals surface area (Å²) >= 11 is 15.5. The first kappa shape index (κ1) is 14.2. The van der Waals surface area contributed by atoms with Crippen LogP contribution < -0.4 is 10.5 Å². The van der Waals surface area contributed by atoms with Crippen molar-refractivity contribution >= 4 is 39.1 Å². The second kappa shape index (κ2) is 5.57. The van der Waals surface area contributed by atoms with Gasteiger partial charge in [0.05, 0.1) is 10.0 Å². The van der Waals surface area contributed by atoms with Gasteiger partial charge in [-0.2, -0.15) is 0 Å². The number of nitrogens with two attached hydrogens (primary N) is 1. The molecule has 0 radical (unpaired) electrons. The van der Waals surface area contributed by atoms with Crippen LogP contribution in [0.5, 0.6) is 5.75 Å². The van der Waals surface area contributed by atoms with Crippen molar-refractivity contribution in [3.05, 3.63) is 62.0 Å². The first-order valence-corrected chi connectivity index (χ1v) is 7.76. The van der Waals surface area contributed by atoms with Crippen LogP contribution in [0.3, 0.4) is 0 Å². The third-order valence-electron chi connectivity index (χ3n) is 3.42. The highest BCUT2D eigenvalue weighted by atomic mass is 79.9. The number of halogens is 3. The lowest BCUT2D eigenvalue weighted by Crippen LogP contribution is -2.24. The second-order valence-corrected chi connectivity index (χ2v) is 6.53. The topological polar surface area (TPSA) is 35.2 Å². The molecule has 0 aromatic heterocycles. The molecule has 0 fully saturated rings. The Balaban J connectivity index is 1.94. The first-order chi connectivity index (χ1) is 9.54. The summed E-state index contributed by atoms with van der Waals surface area (Å²) in [6.45, 7) is 0. The van der Waals surface area contributed by atoms with Gasteiger partial charge in [0.15, 0.2) is 0 Å². The van der Waals surface area contributed by atoms with E-state index in [0.717, 1.165) is 21.3 Å². The van der Waals surface area contributed by atoms with Crippen LogP contribution in [0.2, 0.25) is 10.0 Å². The molecule has 1 unspecified atom stereocenters. The average Bonchev–Trinajstić information content (AvgIpc) is 2.42. The normalized spacial score (nSPS) is 21.2. The van der Waals surface area contributed by atoms with Gasteiger partial charge in [0.2, 0.25) is 0 Å². The van der Waals surface area contributed by atoms with Crippen LogP contribution in [-0.2, 0) is 0 Å². The molecule has 1 aliphatic heterocycles. The monoisotopic (exact) mass is 371 g/mol. The predicted molar refractivity (Wildman–Crippen MR) is 85.5 cm³/mol. The van der Waals surface area contributed by atoms with E-state index in [2.05, 4.69) is 15.9 Å². The lowest BCUT2D eigenvalue weighted by atomic mass is 9.94. The lowest BCUT2D eigenvalue weighted by Gasteiger charge is -2.30. The zero-order chi connectivity index (χ0) is 14.3. The summed E-state index contributed by atoms with van der Waals surface area (Å²) in [5, 5.41) is 1.07. The maximum Gasteiger partial charge on any atom is 0.126 e. The van der Waals surface area contributed by atoms with Crippen molar-refractivity contribution in [2.24, 2.45) is 5.73 Å². The third-order valence-corrected chi connectivity index (χ3v) is 4.66. The highest BCUT2D eigenvalue weighted by molar-refractivity contribution is 9.10. The van der Waals surface area contributed by atoms with E-state index in [9.17, 15) is 0 Å². The molecule has 1 aliphatic rings. The standard InChI is InChI=1S/C15H12BrCl2NO/c16-9-2-4-14-10(6-9)13(19)7-15(20-14)8-1-3-11(17)12(18)5-8/h1-6,13,15H,7,19H2/t13-,15?/m0/s1. The SMILES string of the molecule is N[C@H]1CC(c2ccc(Cl)c(Cl)c2)Oc2ccc(Br)cc21. The van der Waals surface area contributed by atoms with Crippen LogP contribution in [0.25, 0.3) is 0 Å². The van der Waals surface area contributed by atoms with E-state index in [0.29, 0.717) is 16.5 Å². The van der Waals surface area contributed by atoms with Gasteiger partial charge in [0.25, 0.3) is 0 Å². The van der Waals surface area contributed by atoms with Crippen molar-refractivity contribution in [1.82, 2.24) is 0 Å². The van der Waals surface area contributed by atoms with Crippen LogP contribution in [0, 0.1) is 0 Å². The summed E-state index contributed by atoms with van der Waals surface area (Å²) in [5.74, 6) is 0.822. The minimum absolute atomic E-state index is 0.0595. The van der Waals surface area contributed by atoms with Gasteiger partial charge in [-0.05, 0) is 35.9 Å². The molecule has 3 rings (SSSR count). The van der Waals surface area contributed by atoms with Gasteiger partial charge in [-0.1, -0.05) is 45.2 Å². The fourth-order valence-corrected chi connectivity index (χ4v) is 3.08. The number of fused-ring (bicyclic) bond motifs is 1. The molecular weight excluding hydrogens is 361 g/mol. The minimum Gasteiger partial charge on any atom is -0.485 e. The van der Waals surface area contributed by atoms with Crippen molar-refractivity contribution in [2.45, 2.75) is 18.6 Å². The van der Waals surface area contributed by atoms with E-state index in [1.165, 1.54) is 0 Å². The lowest BCUT2D eigenvalue weighted by molar-refractivity contribution is 0.161. The molecule has 0 bridgehead atoms. The Bertz CT molecular complexity index is 662. The van der Waals surface area contributed by atoms with Gasteiger partial charge in [-0.3, -0.25) is 0 Å². The maximum atomic E-state index is 6.25. The van der Waals surface area contributed by atoms with Gasteiger partial charge < -0.3 is 10.5 Å². The molecule has 2 nitrogen and oxygen atoms in total. The zero-order valence-electron chi connectivity index (χ0n) is 10.4. The van der Waals surface area contributed by atoms with Gasteiger partial charge in [0.1, 0.15) is 11.9 Å². The molecule has 0 amide bonds. The van der Waals surface area contributed by atoms with E-state index < -0.39 is 0 Å². The zero-order valence-corrected chi connectivity index (χ0v) is 13.5. The molecule has 0 saturated carbocycles. The predicted octanol–water partition coefficient (Wildman–Crippen LogP) is 5.28. The summed E-state index contributed by atoms with van der Waals surface area (Å²) in [4.78, 5) is 0. The Hall–Kier alpha value is -0.740. The molecule has 2 aromatic rings. The second-order valence-electron chi connectivity index (χ2n) is 4.80. The third kappa shape index (κ3) is 2.68. The Kier molecular flexibility index (Phi) is 3.95. The van der Waals surface area contributed by atoms with Gasteiger partial charge in [-0.15, -0.1) is 0 Å². The van der Waals surface area contributed by atoms with Crippen molar-refractivity contribution in [3.63, 3.8) is 0 Å². The fourth-order valence-electron chi connectivity index (χ4n) is 2.39. The summed E-state index contributed by atoms with van der Waals surface area (Å²) in [5.41, 5.74) is 8.26. The molecule has 5 heteroatoms. The van der Waals surface area contributed by atoms with Crippen LogP contribution in [0.4, 0.5) is 0 Å². The van der Waals surface area contributed by atoms with Crippen LogP contribution in [0.15, 0.2) is 40.9 Å². The Morgan fingerprint density at radius 3 is 2.65 bits per heavy atom. The van der Waals surface area contributed by atoms with Crippen LogP contribution >= 0.6 is 39.1 Å². The van der Waals surface area contributed by atoms with E-state index in [-0.39, 0.29) is 12.1 Å². The fraction of sp³-hybridized carbons (Fsp3) is 0.200. The van der Waals surface area contributed by atoms with Gasteiger partial charge in [-0.25, -0.2) is 0 Å². The molecule has 1 heterocycles. The van der Waals surface area contributed by atoms with Crippen molar-refractivity contribution < 1.29 is 4.74 Å². The average molecular weight is 373 g/mol. The molecule has 20 heavy (non-hydrogen) atoms. The smallest absolute Gasteiger partial charge is 0.126 e. The van der Waals surface area contributed by atoms with Crippen molar-refractivity contribution in [1.29, 1.82) is 0 Å². The quantitative estimate of drug-likeness (QED) is 0.738. The summed E-state index contributed by atoms with van der Waals surface area (Å²) < 4.78 is 7.04. The highest BCUT2D eigenvalue weighted by Gasteiger charge is 2.27. The van der Waals surface area contributed by atoms with Gasteiger partial charge in [0, 0.05) is 22.5 Å². The molecule has 0 aliphatic carbocycles. The van der Waals surface area contributed by atoms with E-state index in [4.69, 9.17) is 33.7 Å². The molecule has 0 spiro atoms. The number of benzene rings is 2. The highest BCUT2D eigenvalue weighted by Crippen LogP contribution is 2.41. The number of ether oxygens (including phenoxy) is 1. The molecule has 104 valence electrons. The number of hydrogen-bond acceptors (Lipinski definition) is 2. The Morgan fingerprint density at radius 2 is 1.90 bits per heavy atom. The van der Waals surface area contributed by atoms with Gasteiger partial charge >= 0.3 is 0 Å². The molecule has 2 aromatic carbocycles. The Labute approximate surface area is 136 Å². The molecule has 2 N–H and O–H groups in total. The summed E-state index contributed by atoms with van der Waals surface area (Å²) in [6.07, 6.45) is 0.606. The summed E-state index contributed by atoms with van der Waals surface area (Å²) in [7, 11) is 0. The molecule has 2 atom stereocenters. The number of hydrogen-bond donors (Lipinski definition) is 1. The largest absolute Gasteiger partial charge is 0.485 e. The van der Waals surface area contributed by atoms with Crippen molar-refractivity contribution in [3.8, 4) is 5.75 Å². The maximum absolute atomic E-state index is 6.25. The first-order valence-electron chi connectivity index (χ1n) is 6.21. The number of rotatable bonds is 1. The van der Waals surface area contributed by atoms with E-state index in [1.54, 1.807) is 6.07 Å². The Morgan fingerprint density at radius 1 is 1.10 bits per heavy atom. The minimum atomic E-state index is -0.103. The molecule has 0 saturated heterocycles. The molecular formula is C15H12BrCl2NO. The van der Waals surface area contributed by atoms with Crippen molar-refractivity contribution in [2.75, 3.05) is 0 Å². The van der Waals surface area contributed by atoms with Crippen LogP contribution in [-0.4, -0.2) is 0 Å².